The minimum absolute atomic E-state index is 0.0925. The molecule has 2 rings (SSSR count). The number of carbonyl (C=O) groups is 4. The first kappa shape index (κ1) is 30.9. The number of aliphatic hydroxyl groups excluding tert-OH is 1. The molecule has 0 spiro atoms. The molecule has 10 heteroatoms. The maximum absolute atomic E-state index is 13.9. The molecule has 5 amide bonds. The van der Waals surface area contributed by atoms with Crippen molar-refractivity contribution in [3.8, 4) is 0 Å². The Hall–Kier alpha value is -2.36. The van der Waals surface area contributed by atoms with Crippen molar-refractivity contribution in [1.29, 1.82) is 0 Å². The van der Waals surface area contributed by atoms with Crippen molar-refractivity contribution in [3.63, 3.8) is 0 Å². The van der Waals surface area contributed by atoms with E-state index in [-0.39, 0.29) is 17.7 Å². The van der Waals surface area contributed by atoms with E-state index in [2.05, 4.69) is 29.8 Å². The molecule has 1 saturated heterocycles. The highest BCUT2D eigenvalue weighted by atomic mass is 16.3. The summed E-state index contributed by atoms with van der Waals surface area (Å²) < 4.78 is 0. The molecule has 6 N–H and O–H groups in total. The van der Waals surface area contributed by atoms with Crippen molar-refractivity contribution in [3.05, 3.63) is 0 Å². The van der Waals surface area contributed by atoms with E-state index in [9.17, 15) is 24.3 Å². The van der Waals surface area contributed by atoms with Crippen LogP contribution in [0.1, 0.15) is 87.5 Å². The summed E-state index contributed by atoms with van der Waals surface area (Å²) in [6.07, 6.45) is 2.48. The third-order valence-electron chi connectivity index (χ3n) is 7.55. The number of rotatable bonds is 9. The van der Waals surface area contributed by atoms with Gasteiger partial charge in [0.1, 0.15) is 12.1 Å². The molecule has 2 fully saturated rings. The summed E-state index contributed by atoms with van der Waals surface area (Å²) >= 11 is 0. The van der Waals surface area contributed by atoms with Gasteiger partial charge < -0.3 is 31.7 Å². The van der Waals surface area contributed by atoms with Gasteiger partial charge in [-0.2, -0.15) is 0 Å². The molecule has 0 bridgehead atoms. The highest BCUT2D eigenvalue weighted by molar-refractivity contribution is 5.93. The van der Waals surface area contributed by atoms with Gasteiger partial charge in [-0.3, -0.25) is 14.4 Å². The Balaban J connectivity index is 2.28. The fourth-order valence-electron chi connectivity index (χ4n) is 5.00. The Morgan fingerprint density at radius 1 is 1.03 bits per heavy atom. The van der Waals surface area contributed by atoms with Crippen molar-refractivity contribution < 1.29 is 24.3 Å². The third-order valence-corrected chi connectivity index (χ3v) is 7.55. The molecule has 3 unspecified atom stereocenters. The lowest BCUT2D eigenvalue weighted by Gasteiger charge is -2.37. The molecular formula is C27H49N5O5. The Morgan fingerprint density at radius 2 is 1.62 bits per heavy atom. The average molecular weight is 524 g/mol. The van der Waals surface area contributed by atoms with Crippen molar-refractivity contribution in [2.75, 3.05) is 6.54 Å². The van der Waals surface area contributed by atoms with E-state index >= 15 is 0 Å². The Morgan fingerprint density at radius 3 is 2.05 bits per heavy atom. The maximum Gasteiger partial charge on any atom is 0.315 e. The van der Waals surface area contributed by atoms with Crippen LogP contribution < -0.4 is 21.7 Å². The number of aliphatic hydroxyl groups is 1. The molecule has 1 aliphatic carbocycles. The average Bonchev–Trinajstić information content (AvgIpc) is 3.16. The molecule has 1 aliphatic heterocycles. The summed E-state index contributed by atoms with van der Waals surface area (Å²) in [4.78, 5) is 53.5. The van der Waals surface area contributed by atoms with Gasteiger partial charge in [-0.05, 0) is 56.8 Å². The summed E-state index contributed by atoms with van der Waals surface area (Å²) in [5.74, 6) is -0.973. The normalized spacial score (nSPS) is 23.1. The SMILES string of the molecule is CC(C)C1C[C@@H](C(=O)NC(CC2CCC2)C(O)C(N)=O)N(C(=O)[C@@H](NC(=O)NC(C)(C)C)C(C)(C)C)C1. The van der Waals surface area contributed by atoms with Crippen LogP contribution in [0.15, 0.2) is 0 Å². The van der Waals surface area contributed by atoms with E-state index in [1.54, 1.807) is 4.90 Å². The predicted molar refractivity (Wildman–Crippen MR) is 142 cm³/mol. The van der Waals surface area contributed by atoms with Gasteiger partial charge >= 0.3 is 6.03 Å². The number of urea groups is 1. The zero-order chi connectivity index (χ0) is 28.3. The van der Waals surface area contributed by atoms with E-state index < -0.39 is 53.0 Å². The monoisotopic (exact) mass is 523 g/mol. The Bertz CT molecular complexity index is 843. The number of nitrogens with two attached hydrogens (primary N) is 1. The fraction of sp³-hybridized carbons (Fsp3) is 0.852. The van der Waals surface area contributed by atoms with Crippen LogP contribution in [0.2, 0.25) is 0 Å². The fourth-order valence-corrected chi connectivity index (χ4v) is 5.00. The van der Waals surface area contributed by atoms with Gasteiger partial charge in [-0.15, -0.1) is 0 Å². The molecule has 212 valence electrons. The van der Waals surface area contributed by atoms with E-state index in [0.29, 0.717) is 25.3 Å². The number of hydrogen-bond acceptors (Lipinski definition) is 5. The van der Waals surface area contributed by atoms with E-state index in [0.717, 1.165) is 19.3 Å². The zero-order valence-electron chi connectivity index (χ0n) is 23.9. The molecule has 37 heavy (non-hydrogen) atoms. The van der Waals surface area contributed by atoms with Gasteiger partial charge in [0.25, 0.3) is 0 Å². The smallest absolute Gasteiger partial charge is 0.315 e. The highest BCUT2D eigenvalue weighted by Crippen LogP contribution is 2.34. The Kier molecular flexibility index (Phi) is 10.0. The van der Waals surface area contributed by atoms with Gasteiger partial charge in [0, 0.05) is 12.1 Å². The van der Waals surface area contributed by atoms with Crippen molar-refractivity contribution in [2.24, 2.45) is 28.9 Å². The molecule has 0 aromatic rings. The zero-order valence-corrected chi connectivity index (χ0v) is 23.9. The van der Waals surface area contributed by atoms with Crippen molar-refractivity contribution >= 4 is 23.8 Å². The van der Waals surface area contributed by atoms with Gasteiger partial charge in [-0.1, -0.05) is 53.9 Å². The second-order valence-corrected chi connectivity index (χ2v) is 13.4. The highest BCUT2D eigenvalue weighted by Gasteiger charge is 2.46. The van der Waals surface area contributed by atoms with E-state index in [1.807, 2.05) is 41.5 Å². The number of likely N-dealkylation sites (tertiary alicyclic amines) is 1. The van der Waals surface area contributed by atoms with Gasteiger partial charge in [0.2, 0.25) is 17.7 Å². The van der Waals surface area contributed by atoms with Gasteiger partial charge in [-0.25, -0.2) is 4.79 Å². The molecule has 10 nitrogen and oxygen atoms in total. The number of primary amides is 1. The first-order chi connectivity index (χ1) is 16.9. The lowest BCUT2D eigenvalue weighted by Crippen LogP contribution is -2.61. The Labute approximate surface area is 221 Å². The minimum atomic E-state index is -1.50. The van der Waals surface area contributed by atoms with Crippen LogP contribution in [0.5, 0.6) is 0 Å². The standard InChI is InChI=1S/C27H49N5O5/c1-15(2)17-13-19(23(35)29-18(20(33)22(28)34)12-16-10-9-11-16)32(14-17)24(36)21(26(3,4)5)30-25(37)31-27(6,7)8/h15-21,33H,9-14H2,1-8H3,(H2,28,34)(H,29,35)(H2,30,31,37)/t17?,18?,19-,20?,21+/m0/s1. The number of carbonyl (C=O) groups excluding carboxylic acids is 4. The molecule has 0 radical (unpaired) electrons. The van der Waals surface area contributed by atoms with E-state index in [4.69, 9.17) is 5.73 Å². The first-order valence-electron chi connectivity index (χ1n) is 13.6. The number of nitrogens with one attached hydrogen (secondary N) is 3. The van der Waals surface area contributed by atoms with Crippen LogP contribution in [-0.4, -0.2) is 70.1 Å². The summed E-state index contributed by atoms with van der Waals surface area (Å²) in [6, 6.07) is -2.90. The minimum Gasteiger partial charge on any atom is -0.381 e. The predicted octanol–water partition coefficient (Wildman–Crippen LogP) is 1.89. The molecular weight excluding hydrogens is 474 g/mol. The third kappa shape index (κ3) is 8.58. The maximum atomic E-state index is 13.9. The van der Waals surface area contributed by atoms with Gasteiger partial charge in [0.15, 0.2) is 6.10 Å². The van der Waals surface area contributed by atoms with Crippen LogP contribution in [0.25, 0.3) is 0 Å². The number of hydrogen-bond donors (Lipinski definition) is 5. The molecule has 5 atom stereocenters. The summed E-state index contributed by atoms with van der Waals surface area (Å²) in [5, 5.41) is 18.9. The summed E-state index contributed by atoms with van der Waals surface area (Å²) in [5.41, 5.74) is 4.27. The van der Waals surface area contributed by atoms with Gasteiger partial charge in [0.05, 0.1) is 6.04 Å². The molecule has 2 aliphatic rings. The summed E-state index contributed by atoms with van der Waals surface area (Å²) in [6.45, 7) is 15.7. The van der Waals surface area contributed by atoms with Crippen LogP contribution in [-0.2, 0) is 14.4 Å². The van der Waals surface area contributed by atoms with Crippen LogP contribution in [0, 0.1) is 23.2 Å². The van der Waals surface area contributed by atoms with Crippen molar-refractivity contribution in [1.82, 2.24) is 20.9 Å². The second-order valence-electron chi connectivity index (χ2n) is 13.4. The van der Waals surface area contributed by atoms with Crippen LogP contribution >= 0.6 is 0 Å². The lowest BCUT2D eigenvalue weighted by atomic mass is 9.79. The van der Waals surface area contributed by atoms with Crippen LogP contribution in [0.3, 0.4) is 0 Å². The topological polar surface area (TPSA) is 154 Å². The largest absolute Gasteiger partial charge is 0.381 e. The molecule has 1 heterocycles. The van der Waals surface area contributed by atoms with Crippen LogP contribution in [0.4, 0.5) is 4.79 Å². The molecule has 1 saturated carbocycles. The quantitative estimate of drug-likeness (QED) is 0.312. The summed E-state index contributed by atoms with van der Waals surface area (Å²) in [7, 11) is 0. The number of amides is 5. The lowest BCUT2D eigenvalue weighted by molar-refractivity contribution is -0.143. The molecule has 0 aromatic carbocycles. The van der Waals surface area contributed by atoms with Crippen molar-refractivity contribution in [2.45, 2.75) is 117 Å². The number of nitrogens with zero attached hydrogens (tertiary/aromatic N) is 1. The first-order valence-corrected chi connectivity index (χ1v) is 13.6. The molecule has 0 aromatic heterocycles. The van der Waals surface area contributed by atoms with E-state index in [1.165, 1.54) is 0 Å². The second kappa shape index (κ2) is 12.0.